The van der Waals surface area contributed by atoms with Gasteiger partial charge < -0.3 is 4.57 Å². The van der Waals surface area contributed by atoms with Crippen molar-refractivity contribution in [2.24, 2.45) is 0 Å². The minimum absolute atomic E-state index is 0.186. The van der Waals surface area contributed by atoms with E-state index in [-0.39, 0.29) is 5.41 Å². The third-order valence-corrected chi connectivity index (χ3v) is 12.4. The summed E-state index contributed by atoms with van der Waals surface area (Å²) in [6, 6.07) is 65.4. The molecule has 0 aliphatic heterocycles. The van der Waals surface area contributed by atoms with Gasteiger partial charge in [0.05, 0.1) is 11.0 Å². The lowest BCUT2D eigenvalue weighted by atomic mass is 9.81. The Morgan fingerprint density at radius 3 is 1.40 bits per heavy atom. The Hall–Kier alpha value is -7.43. The Morgan fingerprint density at radius 2 is 0.793 bits per heavy atom. The predicted octanol–water partition coefficient (Wildman–Crippen LogP) is 13.7. The summed E-state index contributed by atoms with van der Waals surface area (Å²) in [6.45, 7) is 4.78. The van der Waals surface area contributed by atoms with Crippen LogP contribution in [-0.2, 0) is 5.41 Å². The van der Waals surface area contributed by atoms with Crippen molar-refractivity contribution < 1.29 is 0 Å². The molecular formula is C54H36N4. The number of para-hydroxylation sites is 1. The average molecular weight is 741 g/mol. The van der Waals surface area contributed by atoms with Gasteiger partial charge in [0.25, 0.3) is 0 Å². The molecule has 4 heteroatoms. The van der Waals surface area contributed by atoms with Crippen LogP contribution in [0.5, 0.6) is 0 Å². The Morgan fingerprint density at radius 1 is 0.345 bits per heavy atom. The highest BCUT2D eigenvalue weighted by molar-refractivity contribution is 6.26. The Kier molecular flexibility index (Phi) is 6.94. The first-order chi connectivity index (χ1) is 28.5. The fourth-order valence-corrected chi connectivity index (χ4v) is 9.59. The summed E-state index contributed by atoms with van der Waals surface area (Å²) >= 11 is 0. The molecule has 0 radical (unpaired) electrons. The minimum Gasteiger partial charge on any atom is -0.309 e. The first-order valence-electron chi connectivity index (χ1n) is 19.9. The molecule has 1 aliphatic rings. The molecular weight excluding hydrogens is 705 g/mol. The zero-order valence-corrected chi connectivity index (χ0v) is 32.1. The molecule has 12 rings (SSSR count). The number of aromatic nitrogens is 4. The lowest BCUT2D eigenvalue weighted by Crippen LogP contribution is -2.15. The second-order valence-electron chi connectivity index (χ2n) is 16.0. The number of fused-ring (bicyclic) bond motifs is 12. The number of nitrogens with zero attached hydrogens (tertiary/aromatic N) is 4. The number of hydrogen-bond acceptors (Lipinski definition) is 3. The molecule has 9 aromatic carbocycles. The predicted molar refractivity (Wildman–Crippen MR) is 241 cm³/mol. The second kappa shape index (κ2) is 12.3. The van der Waals surface area contributed by atoms with Crippen LogP contribution in [-0.4, -0.2) is 19.5 Å². The van der Waals surface area contributed by atoms with Crippen molar-refractivity contribution >= 4 is 54.1 Å². The first-order valence-corrected chi connectivity index (χ1v) is 19.9. The van der Waals surface area contributed by atoms with E-state index in [1.807, 2.05) is 60.7 Å². The van der Waals surface area contributed by atoms with E-state index in [0.717, 1.165) is 27.9 Å². The molecule has 1 aliphatic carbocycles. The highest BCUT2D eigenvalue weighted by Gasteiger charge is 2.37. The standard InChI is InChI=1S/C54H36N4/c1-54(2)47-30-43-40-25-12-10-23-38(40)37-22-9-11-24-39(37)42(43)29-44(47)45-32-50-46(31-48(45)54)41-26-13-14-27-49(41)58(50)36-21-15-20-35(28-36)53-56-51(33-16-5-3-6-17-33)55-52(57-53)34-18-7-4-8-19-34/h3-32H,1-2H3. The molecule has 4 nitrogen and oxygen atoms in total. The van der Waals surface area contributed by atoms with Crippen molar-refractivity contribution in [2.75, 3.05) is 0 Å². The van der Waals surface area contributed by atoms with Gasteiger partial charge in [0, 0.05) is 38.6 Å². The maximum atomic E-state index is 5.07. The van der Waals surface area contributed by atoms with Crippen LogP contribution in [0.15, 0.2) is 182 Å². The molecule has 58 heavy (non-hydrogen) atoms. The van der Waals surface area contributed by atoms with Crippen molar-refractivity contribution in [1.82, 2.24) is 19.5 Å². The molecule has 0 saturated carbocycles. The topological polar surface area (TPSA) is 43.6 Å². The highest BCUT2D eigenvalue weighted by Crippen LogP contribution is 2.53. The van der Waals surface area contributed by atoms with Gasteiger partial charge in [-0.1, -0.05) is 153 Å². The normalized spacial score (nSPS) is 13.1. The van der Waals surface area contributed by atoms with Crippen LogP contribution in [0.2, 0.25) is 0 Å². The smallest absolute Gasteiger partial charge is 0.164 e. The van der Waals surface area contributed by atoms with E-state index in [1.54, 1.807) is 0 Å². The van der Waals surface area contributed by atoms with E-state index in [9.17, 15) is 0 Å². The summed E-state index contributed by atoms with van der Waals surface area (Å²) < 4.78 is 2.42. The SMILES string of the molecule is CC1(C)c2cc3c4ccccc4c4ccccc4c3cc2-c2cc3c(cc21)c1ccccc1n3-c1cccc(-c2nc(-c3ccccc3)nc(-c3ccccc3)n2)c1. The van der Waals surface area contributed by atoms with Crippen LogP contribution in [0.1, 0.15) is 25.0 Å². The molecule has 0 amide bonds. The van der Waals surface area contributed by atoms with Gasteiger partial charge in [-0.15, -0.1) is 0 Å². The van der Waals surface area contributed by atoms with Crippen LogP contribution in [0.4, 0.5) is 0 Å². The van der Waals surface area contributed by atoms with E-state index < -0.39 is 0 Å². The third-order valence-electron chi connectivity index (χ3n) is 12.4. The van der Waals surface area contributed by atoms with E-state index in [4.69, 9.17) is 15.0 Å². The van der Waals surface area contributed by atoms with Crippen molar-refractivity contribution in [3.63, 3.8) is 0 Å². The van der Waals surface area contributed by atoms with Gasteiger partial charge in [-0.2, -0.15) is 0 Å². The van der Waals surface area contributed by atoms with Crippen molar-refractivity contribution in [2.45, 2.75) is 19.3 Å². The number of rotatable bonds is 4. The maximum Gasteiger partial charge on any atom is 0.164 e. The summed E-state index contributed by atoms with van der Waals surface area (Å²) in [5.41, 5.74) is 11.4. The van der Waals surface area contributed by atoms with E-state index in [0.29, 0.717) is 17.5 Å². The highest BCUT2D eigenvalue weighted by atomic mass is 15.0. The average Bonchev–Trinajstić information content (AvgIpc) is 3.72. The summed E-state index contributed by atoms with van der Waals surface area (Å²) in [5.74, 6) is 1.94. The fraction of sp³-hybridized carbons (Fsp3) is 0.0556. The third kappa shape index (κ3) is 4.78. The lowest BCUT2D eigenvalue weighted by Gasteiger charge is -2.22. The molecule has 0 saturated heterocycles. The fourth-order valence-electron chi connectivity index (χ4n) is 9.59. The Labute approximate surface area is 335 Å². The Balaban J connectivity index is 1.08. The van der Waals surface area contributed by atoms with Gasteiger partial charge in [0.1, 0.15) is 0 Å². The van der Waals surface area contributed by atoms with Crippen molar-refractivity contribution in [1.29, 1.82) is 0 Å². The van der Waals surface area contributed by atoms with Crippen LogP contribution < -0.4 is 0 Å². The monoisotopic (exact) mass is 740 g/mol. The summed E-state index contributed by atoms with van der Waals surface area (Å²) in [5, 5.41) is 10.3. The van der Waals surface area contributed by atoms with E-state index in [2.05, 4.69) is 140 Å². The second-order valence-corrected chi connectivity index (χ2v) is 16.0. The molecule has 0 N–H and O–H groups in total. The van der Waals surface area contributed by atoms with Crippen LogP contribution >= 0.6 is 0 Å². The van der Waals surface area contributed by atoms with E-state index >= 15 is 0 Å². The van der Waals surface area contributed by atoms with Crippen LogP contribution in [0.25, 0.3) is 105 Å². The van der Waals surface area contributed by atoms with Gasteiger partial charge in [0.2, 0.25) is 0 Å². The molecule has 272 valence electrons. The molecule has 0 bridgehead atoms. The van der Waals surface area contributed by atoms with E-state index in [1.165, 1.54) is 70.9 Å². The van der Waals surface area contributed by atoms with Crippen molar-refractivity contribution in [3.05, 3.63) is 193 Å². The maximum absolute atomic E-state index is 5.07. The van der Waals surface area contributed by atoms with Gasteiger partial charge in [-0.3, -0.25) is 0 Å². The van der Waals surface area contributed by atoms with Gasteiger partial charge in [-0.25, -0.2) is 15.0 Å². The minimum atomic E-state index is -0.186. The van der Waals surface area contributed by atoms with Crippen molar-refractivity contribution in [3.8, 4) is 51.0 Å². The molecule has 11 aromatic rings. The summed E-state index contributed by atoms with van der Waals surface area (Å²) in [4.78, 5) is 15.1. The molecule has 0 unspecified atom stereocenters. The molecule has 0 atom stereocenters. The Bertz CT molecular complexity index is 3410. The van der Waals surface area contributed by atoms with Gasteiger partial charge in [0.15, 0.2) is 17.5 Å². The molecule has 0 fully saturated rings. The molecule has 0 spiro atoms. The number of hydrogen-bond donors (Lipinski definition) is 0. The lowest BCUT2D eigenvalue weighted by molar-refractivity contribution is 0.662. The summed E-state index contributed by atoms with van der Waals surface area (Å²) in [6.07, 6.45) is 0. The zero-order chi connectivity index (χ0) is 38.5. The van der Waals surface area contributed by atoms with Gasteiger partial charge >= 0.3 is 0 Å². The van der Waals surface area contributed by atoms with Gasteiger partial charge in [-0.05, 0) is 97.0 Å². The van der Waals surface area contributed by atoms with Crippen LogP contribution in [0, 0.1) is 0 Å². The number of benzene rings is 9. The molecule has 2 aromatic heterocycles. The quantitative estimate of drug-likeness (QED) is 0.169. The zero-order valence-electron chi connectivity index (χ0n) is 32.1. The summed E-state index contributed by atoms with van der Waals surface area (Å²) in [7, 11) is 0. The first kappa shape index (κ1) is 32.8. The molecule has 2 heterocycles. The van der Waals surface area contributed by atoms with Crippen LogP contribution in [0.3, 0.4) is 0 Å². The largest absolute Gasteiger partial charge is 0.309 e.